The lowest BCUT2D eigenvalue weighted by atomic mass is 10.1. The van der Waals surface area contributed by atoms with E-state index in [9.17, 15) is 4.79 Å². The molecule has 26 heavy (non-hydrogen) atoms. The van der Waals surface area contributed by atoms with Crippen LogP contribution in [-0.2, 0) is 13.0 Å². The van der Waals surface area contributed by atoms with Crippen LogP contribution < -0.4 is 5.56 Å². The van der Waals surface area contributed by atoms with Crippen LogP contribution in [0.4, 0.5) is 0 Å². The van der Waals surface area contributed by atoms with E-state index in [1.54, 1.807) is 0 Å². The normalized spacial score (nSPS) is 21.3. The van der Waals surface area contributed by atoms with Gasteiger partial charge in [0.25, 0.3) is 5.56 Å². The van der Waals surface area contributed by atoms with Crippen LogP contribution in [0.2, 0.25) is 0 Å². The van der Waals surface area contributed by atoms with Gasteiger partial charge in [0.15, 0.2) is 0 Å². The standard InChI is InChI=1S/C20H26N4OS/c1-3-15-9-17-18(22-19(15)25)8-14(10-21-17)12-23-6-7-24(11-13(23)2)20(26)16-4-5-16/h8-10,13,16H,3-7,11-12H2,1-2H3,(H,22,25)/t13-/m0/s1. The zero-order chi connectivity index (χ0) is 18.3. The van der Waals surface area contributed by atoms with Crippen molar-refractivity contribution in [3.8, 4) is 0 Å². The van der Waals surface area contributed by atoms with E-state index in [1.165, 1.54) is 17.8 Å². The van der Waals surface area contributed by atoms with E-state index in [1.807, 2.05) is 19.2 Å². The molecule has 1 atom stereocenters. The molecule has 4 rings (SSSR count). The van der Waals surface area contributed by atoms with Gasteiger partial charge in [-0.15, -0.1) is 0 Å². The first-order valence-electron chi connectivity index (χ1n) is 9.59. The molecular weight excluding hydrogens is 344 g/mol. The predicted molar refractivity (Wildman–Crippen MR) is 109 cm³/mol. The SMILES string of the molecule is CCc1cc2ncc(CN3CCN(C(=S)C4CC4)C[C@@H]3C)cc2[nH]c1=O. The van der Waals surface area contributed by atoms with Crippen molar-refractivity contribution in [3.05, 3.63) is 39.8 Å². The summed E-state index contributed by atoms with van der Waals surface area (Å²) in [6, 6.07) is 4.42. The molecule has 1 aliphatic heterocycles. The molecule has 1 aliphatic carbocycles. The summed E-state index contributed by atoms with van der Waals surface area (Å²) in [4.78, 5) is 25.7. The molecule has 6 heteroatoms. The lowest BCUT2D eigenvalue weighted by molar-refractivity contribution is 0.116. The summed E-state index contributed by atoms with van der Waals surface area (Å²) in [7, 11) is 0. The molecule has 2 aromatic heterocycles. The topological polar surface area (TPSA) is 52.2 Å². The van der Waals surface area contributed by atoms with E-state index >= 15 is 0 Å². The van der Waals surface area contributed by atoms with Gasteiger partial charge in [0, 0.05) is 49.9 Å². The van der Waals surface area contributed by atoms with E-state index in [-0.39, 0.29) is 5.56 Å². The Morgan fingerprint density at radius 1 is 1.35 bits per heavy atom. The summed E-state index contributed by atoms with van der Waals surface area (Å²) < 4.78 is 0. The third kappa shape index (κ3) is 3.53. The fraction of sp³-hybridized carbons (Fsp3) is 0.550. The van der Waals surface area contributed by atoms with Crippen molar-refractivity contribution in [1.82, 2.24) is 19.8 Å². The molecular formula is C20H26N4OS. The summed E-state index contributed by atoms with van der Waals surface area (Å²) in [6.45, 7) is 8.14. The fourth-order valence-electron chi connectivity index (χ4n) is 3.77. The van der Waals surface area contributed by atoms with Crippen molar-refractivity contribution in [3.63, 3.8) is 0 Å². The molecule has 138 valence electrons. The molecule has 5 nitrogen and oxygen atoms in total. The molecule has 2 aliphatic rings. The maximum atomic E-state index is 12.1. The monoisotopic (exact) mass is 370 g/mol. The fourth-order valence-corrected chi connectivity index (χ4v) is 4.17. The Bertz CT molecular complexity index is 889. The number of rotatable bonds is 4. The number of H-pyrrole nitrogens is 1. The number of hydrogen-bond acceptors (Lipinski definition) is 4. The number of nitrogens with one attached hydrogen (secondary N) is 1. The van der Waals surface area contributed by atoms with Gasteiger partial charge in [-0.1, -0.05) is 19.1 Å². The minimum absolute atomic E-state index is 0.00507. The number of aromatic nitrogens is 2. The zero-order valence-corrected chi connectivity index (χ0v) is 16.3. The molecule has 0 unspecified atom stereocenters. The van der Waals surface area contributed by atoms with Crippen LogP contribution in [0.25, 0.3) is 11.0 Å². The van der Waals surface area contributed by atoms with E-state index < -0.39 is 0 Å². The van der Waals surface area contributed by atoms with Gasteiger partial charge in [-0.25, -0.2) is 0 Å². The number of nitrogens with zero attached hydrogens (tertiary/aromatic N) is 3. The molecule has 2 fully saturated rings. The Morgan fingerprint density at radius 3 is 2.85 bits per heavy atom. The molecule has 0 amide bonds. The van der Waals surface area contributed by atoms with Crippen LogP contribution >= 0.6 is 12.2 Å². The summed E-state index contributed by atoms with van der Waals surface area (Å²) in [6.07, 6.45) is 5.20. The third-order valence-corrected chi connectivity index (χ3v) is 6.19. The lowest BCUT2D eigenvalue weighted by Crippen LogP contribution is -2.53. The second kappa shape index (κ2) is 7.08. The summed E-state index contributed by atoms with van der Waals surface area (Å²) in [5.41, 5.74) is 3.61. The van der Waals surface area contributed by atoms with Crippen molar-refractivity contribution >= 4 is 28.2 Å². The first kappa shape index (κ1) is 17.6. The number of hydrogen-bond donors (Lipinski definition) is 1. The lowest BCUT2D eigenvalue weighted by Gasteiger charge is -2.41. The van der Waals surface area contributed by atoms with Crippen molar-refractivity contribution in [2.75, 3.05) is 19.6 Å². The van der Waals surface area contributed by atoms with Gasteiger partial charge >= 0.3 is 0 Å². The van der Waals surface area contributed by atoms with Gasteiger partial charge in [-0.2, -0.15) is 0 Å². The summed E-state index contributed by atoms with van der Waals surface area (Å²) >= 11 is 5.63. The molecule has 3 heterocycles. The quantitative estimate of drug-likeness (QED) is 0.839. The Hall–Kier alpha value is -1.79. The molecule has 0 spiro atoms. The zero-order valence-electron chi connectivity index (χ0n) is 15.5. The average molecular weight is 371 g/mol. The number of aromatic amines is 1. The van der Waals surface area contributed by atoms with Gasteiger partial charge in [-0.3, -0.25) is 14.7 Å². The van der Waals surface area contributed by atoms with Crippen LogP contribution in [0.3, 0.4) is 0 Å². The van der Waals surface area contributed by atoms with Crippen LogP contribution in [0, 0.1) is 5.92 Å². The van der Waals surface area contributed by atoms with Crippen molar-refractivity contribution in [1.29, 1.82) is 0 Å². The van der Waals surface area contributed by atoms with E-state index in [0.29, 0.717) is 12.0 Å². The molecule has 0 bridgehead atoms. The molecule has 0 aromatic carbocycles. The Labute approximate surface area is 159 Å². The molecule has 1 saturated carbocycles. The average Bonchev–Trinajstić information content (AvgIpc) is 3.47. The molecule has 0 radical (unpaired) electrons. The highest BCUT2D eigenvalue weighted by molar-refractivity contribution is 7.80. The minimum atomic E-state index is -0.00507. The number of fused-ring (bicyclic) bond motifs is 1. The first-order valence-corrected chi connectivity index (χ1v) is 9.99. The minimum Gasteiger partial charge on any atom is -0.363 e. The van der Waals surface area contributed by atoms with Crippen LogP contribution in [0.15, 0.2) is 23.1 Å². The first-order chi connectivity index (χ1) is 12.5. The smallest absolute Gasteiger partial charge is 0.251 e. The van der Waals surface area contributed by atoms with Crippen LogP contribution in [0.1, 0.15) is 37.8 Å². The highest BCUT2D eigenvalue weighted by Gasteiger charge is 2.33. The van der Waals surface area contributed by atoms with Gasteiger partial charge in [-0.05, 0) is 43.9 Å². The van der Waals surface area contributed by atoms with Crippen LogP contribution in [-0.4, -0.2) is 50.4 Å². The molecule has 2 aromatic rings. The summed E-state index contributed by atoms with van der Waals surface area (Å²) in [5, 5.41) is 0. The number of pyridine rings is 2. The third-order valence-electron chi connectivity index (χ3n) is 5.60. The van der Waals surface area contributed by atoms with Crippen LogP contribution in [0.5, 0.6) is 0 Å². The maximum absolute atomic E-state index is 12.1. The molecule has 1 N–H and O–H groups in total. The van der Waals surface area contributed by atoms with Crippen molar-refractivity contribution in [2.45, 2.75) is 45.7 Å². The van der Waals surface area contributed by atoms with Gasteiger partial charge in [0.2, 0.25) is 0 Å². The van der Waals surface area contributed by atoms with Crippen molar-refractivity contribution in [2.24, 2.45) is 5.92 Å². The van der Waals surface area contributed by atoms with Crippen molar-refractivity contribution < 1.29 is 0 Å². The molecule has 1 saturated heterocycles. The Kier molecular flexibility index (Phi) is 4.80. The summed E-state index contributed by atoms with van der Waals surface area (Å²) in [5.74, 6) is 0.665. The van der Waals surface area contributed by atoms with E-state index in [2.05, 4.69) is 32.8 Å². The Morgan fingerprint density at radius 2 is 2.15 bits per heavy atom. The van der Waals surface area contributed by atoms with Gasteiger partial charge in [0.05, 0.1) is 16.0 Å². The number of piperazine rings is 1. The van der Waals surface area contributed by atoms with E-state index in [4.69, 9.17) is 12.2 Å². The number of thiocarbonyl (C=S) groups is 1. The highest BCUT2D eigenvalue weighted by atomic mass is 32.1. The van der Waals surface area contributed by atoms with Gasteiger partial charge < -0.3 is 9.88 Å². The highest BCUT2D eigenvalue weighted by Crippen LogP contribution is 2.33. The Balaban J connectivity index is 1.47. The second-order valence-corrected chi connectivity index (χ2v) is 8.05. The van der Waals surface area contributed by atoms with E-state index in [0.717, 1.165) is 54.8 Å². The second-order valence-electron chi connectivity index (χ2n) is 7.63. The predicted octanol–water partition coefficient (Wildman–Crippen LogP) is 2.73. The number of aryl methyl sites for hydroxylation is 1. The largest absolute Gasteiger partial charge is 0.363 e. The van der Waals surface area contributed by atoms with Gasteiger partial charge in [0.1, 0.15) is 0 Å². The maximum Gasteiger partial charge on any atom is 0.251 e.